The second-order valence-corrected chi connectivity index (χ2v) is 4.35. The summed E-state index contributed by atoms with van der Waals surface area (Å²) in [5, 5.41) is 10.3. The van der Waals surface area contributed by atoms with Crippen molar-refractivity contribution in [2.45, 2.75) is 19.3 Å². The fraction of sp³-hybridized carbons (Fsp3) is 0.385. The zero-order valence-corrected chi connectivity index (χ0v) is 8.73. The predicted molar refractivity (Wildman–Crippen MR) is 58.9 cm³/mol. The van der Waals surface area contributed by atoms with Crippen LogP contribution in [-0.2, 0) is 0 Å². The van der Waals surface area contributed by atoms with Gasteiger partial charge in [0.05, 0.1) is 0 Å². The minimum Gasteiger partial charge on any atom is -0.461 e. The average Bonchev–Trinajstić information content (AvgIpc) is 2.93. The standard InChI is InChI=1S/C13H14O2/c1-8-13(11-6-9(11)7-14)10-4-2-3-5-12(10)15-8/h2-5,9,11,14H,6-7H2,1H3. The van der Waals surface area contributed by atoms with E-state index in [0.29, 0.717) is 18.4 Å². The molecule has 1 saturated carbocycles. The molecule has 0 spiro atoms. The Labute approximate surface area is 88.5 Å². The van der Waals surface area contributed by atoms with Gasteiger partial charge in [0.25, 0.3) is 0 Å². The Hall–Kier alpha value is -1.28. The lowest BCUT2D eigenvalue weighted by atomic mass is 10.1. The summed E-state index contributed by atoms with van der Waals surface area (Å²) in [6.07, 6.45) is 1.10. The topological polar surface area (TPSA) is 33.4 Å². The number of para-hydroxylation sites is 1. The maximum absolute atomic E-state index is 9.11. The molecule has 0 amide bonds. The summed E-state index contributed by atoms with van der Waals surface area (Å²) in [5.74, 6) is 1.97. The molecule has 0 saturated heterocycles. The van der Waals surface area contributed by atoms with Crippen LogP contribution in [0.15, 0.2) is 28.7 Å². The summed E-state index contributed by atoms with van der Waals surface area (Å²) in [5.41, 5.74) is 2.28. The zero-order chi connectivity index (χ0) is 10.4. The van der Waals surface area contributed by atoms with E-state index >= 15 is 0 Å². The van der Waals surface area contributed by atoms with E-state index in [1.54, 1.807) is 0 Å². The average molecular weight is 202 g/mol. The van der Waals surface area contributed by atoms with Crippen LogP contribution in [0.25, 0.3) is 11.0 Å². The minimum absolute atomic E-state index is 0.295. The van der Waals surface area contributed by atoms with Crippen molar-refractivity contribution < 1.29 is 9.52 Å². The Morgan fingerprint density at radius 2 is 2.20 bits per heavy atom. The van der Waals surface area contributed by atoms with Crippen molar-refractivity contribution >= 4 is 11.0 Å². The number of aliphatic hydroxyl groups excluding tert-OH is 1. The highest BCUT2D eigenvalue weighted by Crippen LogP contribution is 2.50. The molecule has 78 valence electrons. The van der Waals surface area contributed by atoms with Gasteiger partial charge in [-0.3, -0.25) is 0 Å². The van der Waals surface area contributed by atoms with E-state index in [4.69, 9.17) is 9.52 Å². The van der Waals surface area contributed by atoms with Crippen molar-refractivity contribution in [2.75, 3.05) is 6.61 Å². The Balaban J connectivity index is 2.13. The first-order valence-corrected chi connectivity index (χ1v) is 5.40. The zero-order valence-electron chi connectivity index (χ0n) is 8.73. The molecular formula is C13H14O2. The number of aryl methyl sites for hydroxylation is 1. The van der Waals surface area contributed by atoms with Gasteiger partial charge in [-0.15, -0.1) is 0 Å². The molecule has 1 fully saturated rings. The number of fused-ring (bicyclic) bond motifs is 1. The third-order valence-electron chi connectivity index (χ3n) is 3.35. The number of hydrogen-bond donors (Lipinski definition) is 1. The molecule has 2 heteroatoms. The fourth-order valence-electron chi connectivity index (χ4n) is 2.45. The first-order chi connectivity index (χ1) is 7.31. The number of rotatable bonds is 2. The first-order valence-electron chi connectivity index (χ1n) is 5.40. The van der Waals surface area contributed by atoms with Crippen LogP contribution < -0.4 is 0 Å². The van der Waals surface area contributed by atoms with Gasteiger partial charge in [0.2, 0.25) is 0 Å². The normalized spacial score (nSPS) is 24.7. The number of hydrogen-bond acceptors (Lipinski definition) is 2. The SMILES string of the molecule is Cc1oc2ccccc2c1C1CC1CO. The maximum Gasteiger partial charge on any atom is 0.134 e. The molecule has 1 aliphatic carbocycles. The highest BCUT2D eigenvalue weighted by molar-refractivity contribution is 5.83. The number of benzene rings is 1. The molecule has 0 aliphatic heterocycles. The van der Waals surface area contributed by atoms with Crippen molar-refractivity contribution in [3.8, 4) is 0 Å². The number of aliphatic hydroxyl groups is 1. The highest BCUT2D eigenvalue weighted by Gasteiger charge is 2.40. The van der Waals surface area contributed by atoms with Crippen LogP contribution >= 0.6 is 0 Å². The van der Waals surface area contributed by atoms with Gasteiger partial charge in [0.1, 0.15) is 11.3 Å². The maximum atomic E-state index is 9.11. The summed E-state index contributed by atoms with van der Waals surface area (Å²) < 4.78 is 5.71. The summed E-state index contributed by atoms with van der Waals surface area (Å²) in [6, 6.07) is 8.14. The molecule has 1 aromatic carbocycles. The molecule has 2 aromatic rings. The van der Waals surface area contributed by atoms with E-state index in [1.807, 2.05) is 25.1 Å². The lowest BCUT2D eigenvalue weighted by Gasteiger charge is -1.96. The summed E-state index contributed by atoms with van der Waals surface area (Å²) >= 11 is 0. The highest BCUT2D eigenvalue weighted by atomic mass is 16.3. The molecule has 1 aromatic heterocycles. The van der Waals surface area contributed by atoms with Gasteiger partial charge in [0, 0.05) is 17.6 Å². The monoisotopic (exact) mass is 202 g/mol. The molecule has 1 N–H and O–H groups in total. The minimum atomic E-state index is 0.295. The Morgan fingerprint density at radius 1 is 1.40 bits per heavy atom. The van der Waals surface area contributed by atoms with Gasteiger partial charge in [-0.25, -0.2) is 0 Å². The van der Waals surface area contributed by atoms with E-state index in [2.05, 4.69) is 6.07 Å². The van der Waals surface area contributed by atoms with Gasteiger partial charge in [0.15, 0.2) is 0 Å². The predicted octanol–water partition coefficient (Wildman–Crippen LogP) is 2.84. The lowest BCUT2D eigenvalue weighted by molar-refractivity contribution is 0.274. The van der Waals surface area contributed by atoms with Crippen LogP contribution in [0.4, 0.5) is 0 Å². The van der Waals surface area contributed by atoms with Gasteiger partial charge in [-0.1, -0.05) is 18.2 Å². The largest absolute Gasteiger partial charge is 0.461 e. The number of furan rings is 1. The van der Waals surface area contributed by atoms with E-state index in [-0.39, 0.29) is 0 Å². The van der Waals surface area contributed by atoms with Gasteiger partial charge in [-0.05, 0) is 31.2 Å². The van der Waals surface area contributed by atoms with Gasteiger partial charge in [-0.2, -0.15) is 0 Å². The molecule has 2 nitrogen and oxygen atoms in total. The second kappa shape index (κ2) is 3.11. The molecule has 2 atom stereocenters. The smallest absolute Gasteiger partial charge is 0.134 e. The van der Waals surface area contributed by atoms with Crippen molar-refractivity contribution in [1.29, 1.82) is 0 Å². The van der Waals surface area contributed by atoms with Gasteiger partial charge < -0.3 is 9.52 Å². The fourth-order valence-corrected chi connectivity index (χ4v) is 2.45. The second-order valence-electron chi connectivity index (χ2n) is 4.35. The summed E-state index contributed by atoms with van der Waals surface area (Å²) in [4.78, 5) is 0. The molecule has 15 heavy (non-hydrogen) atoms. The van der Waals surface area contributed by atoms with E-state index < -0.39 is 0 Å². The molecule has 1 heterocycles. The summed E-state index contributed by atoms with van der Waals surface area (Å²) in [6.45, 7) is 2.31. The molecule has 3 rings (SSSR count). The van der Waals surface area contributed by atoms with Crippen LogP contribution in [0, 0.1) is 12.8 Å². The van der Waals surface area contributed by atoms with Crippen molar-refractivity contribution in [1.82, 2.24) is 0 Å². The van der Waals surface area contributed by atoms with Crippen LogP contribution in [0.1, 0.15) is 23.7 Å². The quantitative estimate of drug-likeness (QED) is 0.812. The lowest BCUT2D eigenvalue weighted by Crippen LogP contribution is -1.89. The Kier molecular flexibility index (Phi) is 1.86. The van der Waals surface area contributed by atoms with Crippen LogP contribution in [0.5, 0.6) is 0 Å². The molecule has 0 bridgehead atoms. The van der Waals surface area contributed by atoms with E-state index in [1.165, 1.54) is 10.9 Å². The third-order valence-corrected chi connectivity index (χ3v) is 3.35. The van der Waals surface area contributed by atoms with Crippen molar-refractivity contribution in [3.05, 3.63) is 35.6 Å². The Morgan fingerprint density at radius 3 is 2.93 bits per heavy atom. The molecular weight excluding hydrogens is 188 g/mol. The van der Waals surface area contributed by atoms with Gasteiger partial charge >= 0.3 is 0 Å². The van der Waals surface area contributed by atoms with Crippen LogP contribution in [-0.4, -0.2) is 11.7 Å². The summed E-state index contributed by atoms with van der Waals surface area (Å²) in [7, 11) is 0. The van der Waals surface area contributed by atoms with E-state index in [9.17, 15) is 0 Å². The van der Waals surface area contributed by atoms with Crippen molar-refractivity contribution in [2.24, 2.45) is 5.92 Å². The van der Waals surface area contributed by atoms with E-state index in [0.717, 1.165) is 17.8 Å². The van der Waals surface area contributed by atoms with Crippen LogP contribution in [0.3, 0.4) is 0 Å². The molecule has 1 aliphatic rings. The molecule has 0 radical (unpaired) electrons. The van der Waals surface area contributed by atoms with Crippen LogP contribution in [0.2, 0.25) is 0 Å². The first kappa shape index (κ1) is 8.98. The third kappa shape index (κ3) is 1.29. The Bertz CT molecular complexity index is 498. The molecule has 2 unspecified atom stereocenters. The van der Waals surface area contributed by atoms with Crippen molar-refractivity contribution in [3.63, 3.8) is 0 Å².